The largest absolute Gasteiger partial charge is 0.497 e. The Balaban J connectivity index is 1.68. The molecule has 3 rings (SSSR count). The highest BCUT2D eigenvalue weighted by Crippen LogP contribution is 2.14. The number of ether oxygens (including phenoxy) is 1. The second-order valence-electron chi connectivity index (χ2n) is 6.57. The van der Waals surface area contributed by atoms with Crippen LogP contribution in [0.25, 0.3) is 0 Å². The van der Waals surface area contributed by atoms with Crippen molar-refractivity contribution in [2.75, 3.05) is 19.5 Å². The van der Waals surface area contributed by atoms with Crippen LogP contribution in [0.4, 0.5) is 5.95 Å². The van der Waals surface area contributed by atoms with E-state index in [1.807, 2.05) is 61.5 Å². The second kappa shape index (κ2) is 8.99. The van der Waals surface area contributed by atoms with Crippen LogP contribution >= 0.6 is 0 Å². The van der Waals surface area contributed by atoms with Gasteiger partial charge in [0.1, 0.15) is 11.4 Å². The molecular formula is C22H24N4O2. The molecule has 0 saturated heterocycles. The highest BCUT2D eigenvalue weighted by molar-refractivity contribution is 5.92. The van der Waals surface area contributed by atoms with E-state index in [2.05, 4.69) is 15.3 Å². The third kappa shape index (κ3) is 5.07. The number of rotatable bonds is 7. The van der Waals surface area contributed by atoms with Crippen LogP contribution in [0.1, 0.15) is 27.3 Å². The van der Waals surface area contributed by atoms with E-state index in [1.165, 1.54) is 0 Å². The Bertz CT molecular complexity index is 927. The lowest BCUT2D eigenvalue weighted by atomic mass is 10.2. The van der Waals surface area contributed by atoms with Gasteiger partial charge >= 0.3 is 0 Å². The van der Waals surface area contributed by atoms with Crippen LogP contribution in [0, 0.1) is 6.92 Å². The van der Waals surface area contributed by atoms with Crippen LogP contribution in [0.3, 0.4) is 0 Å². The molecule has 0 aliphatic carbocycles. The summed E-state index contributed by atoms with van der Waals surface area (Å²) in [6.07, 6.45) is 0. The minimum Gasteiger partial charge on any atom is -0.497 e. The maximum atomic E-state index is 12.8. The average Bonchev–Trinajstić information content (AvgIpc) is 2.72. The number of methoxy groups -OCH3 is 1. The van der Waals surface area contributed by atoms with Gasteiger partial charge in [-0.3, -0.25) is 4.79 Å². The number of carbonyl (C=O) groups is 1. The maximum absolute atomic E-state index is 12.8. The summed E-state index contributed by atoms with van der Waals surface area (Å²) in [7, 11) is 3.42. The molecule has 0 fully saturated rings. The van der Waals surface area contributed by atoms with E-state index in [1.54, 1.807) is 25.1 Å². The van der Waals surface area contributed by atoms with Gasteiger partial charge < -0.3 is 15.0 Å². The molecule has 6 nitrogen and oxygen atoms in total. The number of amides is 1. The molecule has 144 valence electrons. The van der Waals surface area contributed by atoms with Gasteiger partial charge in [0.25, 0.3) is 5.91 Å². The highest BCUT2D eigenvalue weighted by atomic mass is 16.5. The van der Waals surface area contributed by atoms with E-state index in [9.17, 15) is 4.79 Å². The Hall–Kier alpha value is -3.41. The van der Waals surface area contributed by atoms with E-state index in [4.69, 9.17) is 4.74 Å². The number of aryl methyl sites for hydroxylation is 1. The molecule has 2 aromatic carbocycles. The molecule has 3 aromatic rings. The van der Waals surface area contributed by atoms with Gasteiger partial charge in [0.05, 0.1) is 7.11 Å². The van der Waals surface area contributed by atoms with Crippen molar-refractivity contribution in [3.8, 4) is 5.75 Å². The van der Waals surface area contributed by atoms with Gasteiger partial charge in [-0.15, -0.1) is 0 Å². The first-order chi connectivity index (χ1) is 13.5. The van der Waals surface area contributed by atoms with Gasteiger partial charge in [-0.05, 0) is 36.2 Å². The molecule has 1 N–H and O–H groups in total. The topological polar surface area (TPSA) is 67.3 Å². The lowest BCUT2D eigenvalue weighted by Gasteiger charge is -2.17. The SMILES string of the molecule is COc1ccc(CNc2nc(C)cc(C(=O)N(C)Cc3ccccc3)n2)cc1. The summed E-state index contributed by atoms with van der Waals surface area (Å²) in [5.41, 5.74) is 3.26. The van der Waals surface area contributed by atoms with Crippen molar-refractivity contribution in [2.45, 2.75) is 20.0 Å². The Labute approximate surface area is 165 Å². The van der Waals surface area contributed by atoms with E-state index in [-0.39, 0.29) is 5.91 Å². The summed E-state index contributed by atoms with van der Waals surface area (Å²) >= 11 is 0. The summed E-state index contributed by atoms with van der Waals surface area (Å²) in [4.78, 5) is 23.2. The number of nitrogens with zero attached hydrogens (tertiary/aromatic N) is 3. The number of nitrogens with one attached hydrogen (secondary N) is 1. The predicted molar refractivity (Wildman–Crippen MR) is 109 cm³/mol. The smallest absolute Gasteiger partial charge is 0.272 e. The molecule has 0 bridgehead atoms. The molecule has 0 atom stereocenters. The normalized spacial score (nSPS) is 10.4. The standard InChI is InChI=1S/C22H24N4O2/c1-16-13-20(21(27)26(2)15-18-7-5-4-6-8-18)25-22(24-16)23-14-17-9-11-19(28-3)12-10-17/h4-13H,14-15H2,1-3H3,(H,23,24,25). The lowest BCUT2D eigenvalue weighted by molar-refractivity contribution is 0.0779. The van der Waals surface area contributed by atoms with Crippen molar-refractivity contribution < 1.29 is 9.53 Å². The monoisotopic (exact) mass is 376 g/mol. The summed E-state index contributed by atoms with van der Waals surface area (Å²) < 4.78 is 5.17. The van der Waals surface area contributed by atoms with E-state index < -0.39 is 0 Å². The zero-order valence-electron chi connectivity index (χ0n) is 16.3. The number of carbonyl (C=O) groups excluding carboxylic acids is 1. The quantitative estimate of drug-likeness (QED) is 0.681. The summed E-state index contributed by atoms with van der Waals surface area (Å²) in [6.45, 7) is 2.94. The molecule has 1 aromatic heterocycles. The second-order valence-corrected chi connectivity index (χ2v) is 6.57. The average molecular weight is 376 g/mol. The van der Waals surface area contributed by atoms with E-state index >= 15 is 0 Å². The minimum atomic E-state index is -0.137. The molecule has 0 aliphatic rings. The number of anilines is 1. The number of hydrogen-bond donors (Lipinski definition) is 1. The van der Waals surface area contributed by atoms with E-state index in [0.717, 1.165) is 22.6 Å². The Morgan fingerprint density at radius 1 is 1.04 bits per heavy atom. The van der Waals surface area contributed by atoms with Gasteiger partial charge in [-0.25, -0.2) is 9.97 Å². The molecule has 0 saturated carbocycles. The number of hydrogen-bond acceptors (Lipinski definition) is 5. The van der Waals surface area contributed by atoms with Crippen LogP contribution in [0.5, 0.6) is 5.75 Å². The molecule has 0 unspecified atom stereocenters. The van der Waals surface area contributed by atoms with Crippen LogP contribution in [-0.2, 0) is 13.1 Å². The summed E-state index contributed by atoms with van der Waals surface area (Å²) in [5.74, 6) is 1.11. The maximum Gasteiger partial charge on any atom is 0.272 e. The van der Waals surface area contributed by atoms with Gasteiger partial charge in [0.15, 0.2) is 0 Å². The van der Waals surface area contributed by atoms with Crippen LogP contribution in [0.2, 0.25) is 0 Å². The van der Waals surface area contributed by atoms with E-state index in [0.29, 0.717) is 24.7 Å². The third-order valence-electron chi connectivity index (χ3n) is 4.29. The molecule has 0 spiro atoms. The molecule has 1 heterocycles. The van der Waals surface area contributed by atoms with Crippen molar-refractivity contribution in [2.24, 2.45) is 0 Å². The molecule has 1 amide bonds. The van der Waals surface area contributed by atoms with Gasteiger partial charge in [-0.2, -0.15) is 0 Å². The van der Waals surface area contributed by atoms with Gasteiger partial charge in [0, 0.05) is 25.8 Å². The highest BCUT2D eigenvalue weighted by Gasteiger charge is 2.15. The molecule has 28 heavy (non-hydrogen) atoms. The van der Waals surface area contributed by atoms with Crippen molar-refractivity contribution in [3.05, 3.63) is 83.2 Å². The molecule has 0 radical (unpaired) electrons. The summed E-state index contributed by atoms with van der Waals surface area (Å²) in [5, 5.41) is 3.19. The zero-order valence-corrected chi connectivity index (χ0v) is 16.3. The minimum absolute atomic E-state index is 0.137. The van der Waals surface area contributed by atoms with Crippen molar-refractivity contribution in [1.29, 1.82) is 0 Å². The number of aromatic nitrogens is 2. The zero-order chi connectivity index (χ0) is 19.9. The Kier molecular flexibility index (Phi) is 6.22. The van der Waals surface area contributed by atoms with Crippen LogP contribution in [0.15, 0.2) is 60.7 Å². The summed E-state index contributed by atoms with van der Waals surface area (Å²) in [6, 6.07) is 19.3. The molecule has 0 aliphatic heterocycles. The fourth-order valence-corrected chi connectivity index (χ4v) is 2.81. The van der Waals surface area contributed by atoms with Gasteiger partial charge in [0.2, 0.25) is 5.95 Å². The fraction of sp³-hybridized carbons (Fsp3) is 0.227. The fourth-order valence-electron chi connectivity index (χ4n) is 2.81. The number of benzene rings is 2. The Morgan fingerprint density at radius 2 is 1.75 bits per heavy atom. The van der Waals surface area contributed by atoms with Crippen molar-refractivity contribution in [1.82, 2.24) is 14.9 Å². The lowest BCUT2D eigenvalue weighted by Crippen LogP contribution is -2.27. The van der Waals surface area contributed by atoms with Crippen molar-refractivity contribution in [3.63, 3.8) is 0 Å². The third-order valence-corrected chi connectivity index (χ3v) is 4.29. The Morgan fingerprint density at radius 3 is 2.43 bits per heavy atom. The van der Waals surface area contributed by atoms with Crippen LogP contribution in [-0.4, -0.2) is 34.9 Å². The molecule has 6 heteroatoms. The first-order valence-electron chi connectivity index (χ1n) is 9.07. The first-order valence-corrected chi connectivity index (χ1v) is 9.07. The molecular weight excluding hydrogens is 352 g/mol. The van der Waals surface area contributed by atoms with Crippen LogP contribution < -0.4 is 10.1 Å². The predicted octanol–water partition coefficient (Wildman–Crippen LogP) is 3.68. The first kappa shape index (κ1) is 19.4. The van der Waals surface area contributed by atoms with Gasteiger partial charge in [-0.1, -0.05) is 42.5 Å². The van der Waals surface area contributed by atoms with Crippen molar-refractivity contribution >= 4 is 11.9 Å².